The average Bonchev–Trinajstić information content (AvgIpc) is 3.14. The lowest BCUT2D eigenvalue weighted by Crippen LogP contribution is -1.88. The zero-order chi connectivity index (χ0) is 15.5. The maximum Gasteiger partial charge on any atom is 0.277 e. The first-order chi connectivity index (χ1) is 10.6. The summed E-state index contributed by atoms with van der Waals surface area (Å²) in [5.74, 6) is 1.51. The van der Waals surface area contributed by atoms with E-state index < -0.39 is 4.92 Å². The van der Waals surface area contributed by atoms with Crippen LogP contribution in [0.1, 0.15) is 11.5 Å². The van der Waals surface area contributed by atoms with Crippen LogP contribution in [0.2, 0.25) is 0 Å². The molecule has 0 radical (unpaired) electrons. The highest BCUT2D eigenvalue weighted by atomic mass is 32.2. The number of hydrogen-bond acceptors (Lipinski definition) is 8. The first-order valence-corrected chi connectivity index (χ1v) is 7.24. The lowest BCUT2D eigenvalue weighted by atomic mass is 10.2. The van der Waals surface area contributed by atoms with Crippen LogP contribution in [0.25, 0.3) is 11.5 Å². The maximum atomic E-state index is 10.8. The molecule has 0 unspecified atom stereocenters. The monoisotopic (exact) mass is 318 g/mol. The first kappa shape index (κ1) is 14.3. The summed E-state index contributed by atoms with van der Waals surface area (Å²) in [7, 11) is 0. The van der Waals surface area contributed by atoms with Gasteiger partial charge in [-0.1, -0.05) is 23.0 Å². The number of hydrogen-bond donors (Lipinski definition) is 0. The molecule has 3 rings (SSSR count). The molecule has 112 valence electrons. The van der Waals surface area contributed by atoms with Crippen molar-refractivity contribution in [3.8, 4) is 11.5 Å². The van der Waals surface area contributed by atoms with Gasteiger partial charge in [-0.25, -0.2) is 0 Å². The molecule has 0 atom stereocenters. The third-order valence-electron chi connectivity index (χ3n) is 2.73. The van der Waals surface area contributed by atoms with Gasteiger partial charge < -0.3 is 8.94 Å². The van der Waals surface area contributed by atoms with Crippen LogP contribution in [0.5, 0.6) is 0 Å². The molecular weight excluding hydrogens is 308 g/mol. The maximum absolute atomic E-state index is 10.8. The van der Waals surface area contributed by atoms with Crippen LogP contribution >= 0.6 is 11.8 Å². The molecule has 0 saturated heterocycles. The van der Waals surface area contributed by atoms with E-state index in [0.29, 0.717) is 16.5 Å². The van der Waals surface area contributed by atoms with E-state index >= 15 is 0 Å². The van der Waals surface area contributed by atoms with Crippen molar-refractivity contribution in [3.63, 3.8) is 0 Å². The van der Waals surface area contributed by atoms with E-state index in [1.165, 1.54) is 23.9 Å². The largest absolute Gasteiger partial charge is 0.411 e. The van der Waals surface area contributed by atoms with Crippen molar-refractivity contribution < 1.29 is 13.9 Å². The molecule has 2 aromatic heterocycles. The summed E-state index contributed by atoms with van der Waals surface area (Å²) >= 11 is 1.32. The van der Waals surface area contributed by atoms with Crippen LogP contribution in [-0.4, -0.2) is 20.3 Å². The van der Waals surface area contributed by atoms with E-state index in [1.807, 2.05) is 13.0 Å². The van der Waals surface area contributed by atoms with Crippen molar-refractivity contribution in [2.45, 2.75) is 17.9 Å². The number of rotatable bonds is 5. The first-order valence-electron chi connectivity index (χ1n) is 6.25. The van der Waals surface area contributed by atoms with E-state index in [-0.39, 0.29) is 11.6 Å². The summed E-state index contributed by atoms with van der Waals surface area (Å²) in [6.07, 6.45) is 0. The number of thioether (sulfide) groups is 1. The predicted octanol–water partition coefficient (Wildman–Crippen LogP) is 3.23. The lowest BCUT2D eigenvalue weighted by molar-refractivity contribution is -0.384. The number of non-ortho nitro benzene ring substituents is 1. The molecule has 0 N–H and O–H groups in total. The van der Waals surface area contributed by atoms with Crippen LogP contribution < -0.4 is 0 Å². The molecule has 0 saturated carbocycles. The summed E-state index contributed by atoms with van der Waals surface area (Å²) in [5, 5.41) is 22.8. The third kappa shape index (κ3) is 3.14. The SMILES string of the molecule is Cc1cc(CSc2nnc(-c3cccc([N+](=O)[O-])c3)o2)no1. The number of benzene rings is 1. The molecule has 0 aliphatic heterocycles. The van der Waals surface area contributed by atoms with Crippen LogP contribution in [0, 0.1) is 17.0 Å². The molecule has 3 aromatic rings. The quantitative estimate of drug-likeness (QED) is 0.401. The van der Waals surface area contributed by atoms with E-state index in [4.69, 9.17) is 8.94 Å². The van der Waals surface area contributed by atoms with Gasteiger partial charge in [-0.15, -0.1) is 10.2 Å². The highest BCUT2D eigenvalue weighted by Gasteiger charge is 2.13. The lowest BCUT2D eigenvalue weighted by Gasteiger charge is -1.95. The summed E-state index contributed by atoms with van der Waals surface area (Å²) in [4.78, 5) is 10.3. The van der Waals surface area contributed by atoms with Crippen molar-refractivity contribution >= 4 is 17.4 Å². The zero-order valence-corrected chi connectivity index (χ0v) is 12.2. The normalized spacial score (nSPS) is 10.8. The molecule has 2 heterocycles. The fraction of sp³-hybridized carbons (Fsp3) is 0.154. The summed E-state index contributed by atoms with van der Waals surface area (Å²) < 4.78 is 10.5. The van der Waals surface area contributed by atoms with Crippen LogP contribution in [-0.2, 0) is 5.75 Å². The van der Waals surface area contributed by atoms with E-state index in [2.05, 4.69) is 15.4 Å². The topological polar surface area (TPSA) is 108 Å². The van der Waals surface area contributed by atoms with Gasteiger partial charge in [0, 0.05) is 29.5 Å². The van der Waals surface area contributed by atoms with Crippen molar-refractivity contribution in [1.29, 1.82) is 0 Å². The molecule has 9 heteroatoms. The molecule has 1 aromatic carbocycles. The molecular formula is C13H10N4O4S. The average molecular weight is 318 g/mol. The Bertz CT molecular complexity index is 814. The van der Waals surface area contributed by atoms with Gasteiger partial charge in [0.05, 0.1) is 10.6 Å². The Labute approximate surface area is 128 Å². The third-order valence-corrected chi connectivity index (χ3v) is 3.58. The summed E-state index contributed by atoms with van der Waals surface area (Å²) in [6, 6.07) is 7.87. The van der Waals surface area contributed by atoms with Gasteiger partial charge >= 0.3 is 0 Å². The molecule has 0 spiro atoms. The van der Waals surface area contributed by atoms with Gasteiger partial charge in [0.15, 0.2) is 0 Å². The van der Waals surface area contributed by atoms with Crippen molar-refractivity contribution in [2.24, 2.45) is 0 Å². The standard InChI is InChI=1S/C13H10N4O4S/c1-8-5-10(16-21-8)7-22-13-15-14-12(20-13)9-3-2-4-11(6-9)17(18)19/h2-6H,7H2,1H3. The van der Waals surface area contributed by atoms with Gasteiger partial charge in [0.1, 0.15) is 5.76 Å². The van der Waals surface area contributed by atoms with Crippen LogP contribution in [0.15, 0.2) is 44.5 Å². The highest BCUT2D eigenvalue weighted by molar-refractivity contribution is 7.98. The van der Waals surface area contributed by atoms with Gasteiger partial charge in [-0.05, 0) is 13.0 Å². The summed E-state index contributed by atoms with van der Waals surface area (Å²) in [5.41, 5.74) is 1.26. The Morgan fingerprint density at radius 2 is 2.18 bits per heavy atom. The molecule has 0 aliphatic carbocycles. The second-order valence-corrected chi connectivity index (χ2v) is 5.32. The fourth-order valence-electron chi connectivity index (χ4n) is 1.76. The molecule has 0 aliphatic rings. The molecule has 8 nitrogen and oxygen atoms in total. The Balaban J connectivity index is 1.73. The van der Waals surface area contributed by atoms with E-state index in [0.717, 1.165) is 11.5 Å². The minimum Gasteiger partial charge on any atom is -0.411 e. The van der Waals surface area contributed by atoms with Gasteiger partial charge in [-0.3, -0.25) is 10.1 Å². The second-order valence-electron chi connectivity index (χ2n) is 4.40. The van der Waals surface area contributed by atoms with E-state index in [9.17, 15) is 10.1 Å². The van der Waals surface area contributed by atoms with Gasteiger partial charge in [0.25, 0.3) is 10.9 Å². The zero-order valence-electron chi connectivity index (χ0n) is 11.4. The number of nitro benzene ring substituents is 1. The van der Waals surface area contributed by atoms with Crippen molar-refractivity contribution in [3.05, 3.63) is 51.9 Å². The highest BCUT2D eigenvalue weighted by Crippen LogP contribution is 2.27. The Morgan fingerprint density at radius 3 is 2.91 bits per heavy atom. The van der Waals surface area contributed by atoms with Gasteiger partial charge in [-0.2, -0.15) is 0 Å². The summed E-state index contributed by atoms with van der Waals surface area (Å²) in [6.45, 7) is 1.81. The number of aromatic nitrogens is 3. The molecule has 0 amide bonds. The predicted molar refractivity (Wildman–Crippen MR) is 77.2 cm³/mol. The number of nitrogens with zero attached hydrogens (tertiary/aromatic N) is 4. The Hall–Kier alpha value is -2.68. The van der Waals surface area contributed by atoms with Crippen molar-refractivity contribution in [2.75, 3.05) is 0 Å². The number of aryl methyl sites for hydroxylation is 1. The molecule has 0 bridgehead atoms. The minimum absolute atomic E-state index is 0.0250. The number of nitro groups is 1. The van der Waals surface area contributed by atoms with Crippen molar-refractivity contribution in [1.82, 2.24) is 15.4 Å². The van der Waals surface area contributed by atoms with E-state index in [1.54, 1.807) is 12.1 Å². The minimum atomic E-state index is -0.470. The van der Waals surface area contributed by atoms with Gasteiger partial charge in [0.2, 0.25) is 5.89 Å². The second kappa shape index (κ2) is 5.98. The van der Waals surface area contributed by atoms with Crippen LogP contribution in [0.3, 0.4) is 0 Å². The Kier molecular flexibility index (Phi) is 3.88. The fourth-order valence-corrected chi connectivity index (χ4v) is 2.40. The molecule has 22 heavy (non-hydrogen) atoms. The molecule has 0 fully saturated rings. The van der Waals surface area contributed by atoms with Crippen LogP contribution in [0.4, 0.5) is 5.69 Å². The smallest absolute Gasteiger partial charge is 0.277 e. The Morgan fingerprint density at radius 1 is 1.32 bits per heavy atom.